The molecule has 0 radical (unpaired) electrons. The minimum absolute atomic E-state index is 0.0555. The maximum Gasteiger partial charge on any atom is 0.311 e. The highest BCUT2D eigenvalue weighted by Crippen LogP contribution is 2.35. The van der Waals surface area contributed by atoms with Gasteiger partial charge in [-0.3, -0.25) is 10.1 Å². The Bertz CT molecular complexity index is 601. The van der Waals surface area contributed by atoms with Gasteiger partial charge in [-0.25, -0.2) is 4.98 Å². The van der Waals surface area contributed by atoms with Gasteiger partial charge in [0, 0.05) is 11.5 Å². The third-order valence-electron chi connectivity index (χ3n) is 2.41. The zero-order valence-corrected chi connectivity index (χ0v) is 10.5. The van der Waals surface area contributed by atoms with Crippen molar-refractivity contribution in [3.8, 4) is 5.75 Å². The van der Waals surface area contributed by atoms with Crippen LogP contribution in [0.4, 0.5) is 5.69 Å². The Morgan fingerprint density at radius 1 is 1.39 bits per heavy atom. The Kier molecular flexibility index (Phi) is 3.62. The second-order valence-corrected chi connectivity index (χ2v) is 4.11. The SMILES string of the molecule is CCCOc1c([N+](=O)[O-])ccc2nc(Cl)ccc12. The molecule has 0 unspecified atom stereocenters. The van der Waals surface area contributed by atoms with Gasteiger partial charge in [-0.2, -0.15) is 0 Å². The van der Waals surface area contributed by atoms with Gasteiger partial charge in [0.05, 0.1) is 17.0 Å². The molecular formula is C12H11ClN2O3. The quantitative estimate of drug-likeness (QED) is 0.482. The average Bonchev–Trinajstić information content (AvgIpc) is 2.35. The molecule has 1 aromatic carbocycles. The van der Waals surface area contributed by atoms with E-state index in [2.05, 4.69) is 4.98 Å². The van der Waals surface area contributed by atoms with Crippen LogP contribution in [0.2, 0.25) is 5.15 Å². The Hall–Kier alpha value is -1.88. The van der Waals surface area contributed by atoms with Crippen LogP contribution in [0.25, 0.3) is 10.9 Å². The summed E-state index contributed by atoms with van der Waals surface area (Å²) in [5.74, 6) is 0.253. The van der Waals surface area contributed by atoms with E-state index in [-0.39, 0.29) is 11.4 Å². The third kappa shape index (κ3) is 2.36. The predicted octanol–water partition coefficient (Wildman–Crippen LogP) is 3.59. The summed E-state index contributed by atoms with van der Waals surface area (Å²) in [5, 5.41) is 11.9. The number of benzene rings is 1. The molecule has 5 nitrogen and oxygen atoms in total. The minimum Gasteiger partial charge on any atom is -0.486 e. The van der Waals surface area contributed by atoms with Crippen molar-refractivity contribution in [3.63, 3.8) is 0 Å². The fourth-order valence-corrected chi connectivity index (χ4v) is 1.79. The third-order valence-corrected chi connectivity index (χ3v) is 2.62. The van der Waals surface area contributed by atoms with E-state index >= 15 is 0 Å². The Labute approximate surface area is 108 Å². The summed E-state index contributed by atoms with van der Waals surface area (Å²) < 4.78 is 5.48. The molecule has 6 heteroatoms. The largest absolute Gasteiger partial charge is 0.486 e. The molecule has 0 aliphatic heterocycles. The Morgan fingerprint density at radius 3 is 2.83 bits per heavy atom. The molecule has 94 valence electrons. The summed E-state index contributed by atoms with van der Waals surface area (Å²) in [6.45, 7) is 2.36. The standard InChI is InChI=1S/C12H11ClN2O3/c1-2-7-18-12-8-3-6-11(13)14-9(8)4-5-10(12)15(16)17/h3-6H,2,7H2,1H3. The molecule has 0 atom stereocenters. The van der Waals surface area contributed by atoms with Gasteiger partial charge in [-0.15, -0.1) is 0 Å². The van der Waals surface area contributed by atoms with Crippen molar-refractivity contribution >= 4 is 28.2 Å². The van der Waals surface area contributed by atoms with Crippen molar-refractivity contribution in [2.45, 2.75) is 13.3 Å². The van der Waals surface area contributed by atoms with Crippen molar-refractivity contribution in [1.82, 2.24) is 4.98 Å². The fourth-order valence-electron chi connectivity index (χ4n) is 1.64. The number of nitrogens with zero attached hydrogens (tertiary/aromatic N) is 2. The van der Waals surface area contributed by atoms with E-state index in [0.717, 1.165) is 6.42 Å². The van der Waals surface area contributed by atoms with Crippen LogP contribution in [0.1, 0.15) is 13.3 Å². The van der Waals surface area contributed by atoms with Gasteiger partial charge in [0.25, 0.3) is 0 Å². The Balaban J connectivity index is 2.64. The monoisotopic (exact) mass is 266 g/mol. The van der Waals surface area contributed by atoms with Crippen molar-refractivity contribution in [3.05, 3.63) is 39.5 Å². The molecule has 0 fully saturated rings. The number of aromatic nitrogens is 1. The lowest BCUT2D eigenvalue weighted by Gasteiger charge is -2.08. The van der Waals surface area contributed by atoms with Gasteiger partial charge in [0.1, 0.15) is 5.15 Å². The summed E-state index contributed by atoms with van der Waals surface area (Å²) in [5.41, 5.74) is 0.527. The number of hydrogen-bond donors (Lipinski definition) is 0. The highest BCUT2D eigenvalue weighted by atomic mass is 35.5. The number of fused-ring (bicyclic) bond motifs is 1. The maximum atomic E-state index is 11.0. The normalized spacial score (nSPS) is 10.6. The van der Waals surface area contributed by atoms with Gasteiger partial charge < -0.3 is 4.74 Å². The summed E-state index contributed by atoms with van der Waals surface area (Å²) >= 11 is 5.79. The van der Waals surface area contributed by atoms with Crippen molar-refractivity contribution < 1.29 is 9.66 Å². The van der Waals surface area contributed by atoms with E-state index in [4.69, 9.17) is 16.3 Å². The number of halogens is 1. The molecule has 1 aromatic heterocycles. The van der Waals surface area contributed by atoms with Crippen LogP contribution in [-0.4, -0.2) is 16.5 Å². The lowest BCUT2D eigenvalue weighted by atomic mass is 10.1. The van der Waals surface area contributed by atoms with Gasteiger partial charge in [0.2, 0.25) is 5.75 Å². The maximum absolute atomic E-state index is 11.0. The van der Waals surface area contributed by atoms with Crippen LogP contribution in [0.5, 0.6) is 5.75 Å². The number of nitro benzene ring substituents is 1. The first kappa shape index (κ1) is 12.6. The number of ether oxygens (including phenoxy) is 1. The first-order valence-corrected chi connectivity index (χ1v) is 5.87. The minimum atomic E-state index is -0.459. The molecule has 0 spiro atoms. The van der Waals surface area contributed by atoms with E-state index in [0.29, 0.717) is 22.7 Å². The topological polar surface area (TPSA) is 65.3 Å². The summed E-state index contributed by atoms with van der Waals surface area (Å²) in [6.07, 6.45) is 0.772. The van der Waals surface area contributed by atoms with Gasteiger partial charge >= 0.3 is 5.69 Å². The zero-order valence-electron chi connectivity index (χ0n) is 9.72. The lowest BCUT2D eigenvalue weighted by Crippen LogP contribution is -2.00. The highest BCUT2D eigenvalue weighted by molar-refractivity contribution is 6.29. The predicted molar refractivity (Wildman–Crippen MR) is 69.2 cm³/mol. The van der Waals surface area contributed by atoms with E-state index in [1.165, 1.54) is 6.07 Å². The van der Waals surface area contributed by atoms with E-state index in [1.54, 1.807) is 18.2 Å². The molecule has 2 aromatic rings. The summed E-state index contributed by atoms with van der Waals surface area (Å²) in [4.78, 5) is 14.6. The molecule has 2 rings (SSSR count). The van der Waals surface area contributed by atoms with Gasteiger partial charge in [-0.1, -0.05) is 18.5 Å². The highest BCUT2D eigenvalue weighted by Gasteiger charge is 2.18. The van der Waals surface area contributed by atoms with Crippen LogP contribution >= 0.6 is 11.6 Å². The fraction of sp³-hybridized carbons (Fsp3) is 0.250. The first-order valence-electron chi connectivity index (χ1n) is 5.50. The lowest BCUT2D eigenvalue weighted by molar-refractivity contribution is -0.385. The van der Waals surface area contributed by atoms with Crippen molar-refractivity contribution in [1.29, 1.82) is 0 Å². The van der Waals surface area contributed by atoms with Gasteiger partial charge in [0.15, 0.2) is 0 Å². The number of hydrogen-bond acceptors (Lipinski definition) is 4. The molecule has 0 aliphatic carbocycles. The molecule has 0 aliphatic rings. The smallest absolute Gasteiger partial charge is 0.311 e. The zero-order chi connectivity index (χ0) is 13.1. The molecule has 0 bridgehead atoms. The second-order valence-electron chi connectivity index (χ2n) is 3.72. The van der Waals surface area contributed by atoms with Gasteiger partial charge in [-0.05, 0) is 24.6 Å². The molecule has 18 heavy (non-hydrogen) atoms. The van der Waals surface area contributed by atoms with Crippen molar-refractivity contribution in [2.24, 2.45) is 0 Å². The van der Waals surface area contributed by atoms with Crippen LogP contribution in [0, 0.1) is 10.1 Å². The average molecular weight is 267 g/mol. The number of nitro groups is 1. The molecule has 0 amide bonds. The van der Waals surface area contributed by atoms with Crippen LogP contribution < -0.4 is 4.74 Å². The molecule has 0 saturated carbocycles. The molecular weight excluding hydrogens is 256 g/mol. The number of rotatable bonds is 4. The van der Waals surface area contributed by atoms with Crippen LogP contribution in [0.15, 0.2) is 24.3 Å². The van der Waals surface area contributed by atoms with E-state index in [1.807, 2.05) is 6.92 Å². The van der Waals surface area contributed by atoms with Crippen molar-refractivity contribution in [2.75, 3.05) is 6.61 Å². The number of pyridine rings is 1. The van der Waals surface area contributed by atoms with Crippen LogP contribution in [-0.2, 0) is 0 Å². The van der Waals surface area contributed by atoms with E-state index in [9.17, 15) is 10.1 Å². The summed E-state index contributed by atoms with van der Waals surface area (Å²) in [6, 6.07) is 6.23. The molecule has 0 N–H and O–H groups in total. The van der Waals surface area contributed by atoms with Crippen LogP contribution in [0.3, 0.4) is 0 Å². The summed E-state index contributed by atoms with van der Waals surface area (Å²) in [7, 11) is 0. The Morgan fingerprint density at radius 2 is 2.17 bits per heavy atom. The first-order chi connectivity index (χ1) is 8.63. The second kappa shape index (κ2) is 5.18. The molecule has 0 saturated heterocycles. The van der Waals surface area contributed by atoms with E-state index < -0.39 is 4.92 Å². The molecule has 1 heterocycles.